The molecule has 31 heavy (non-hydrogen) atoms. The smallest absolute Gasteiger partial charge is 0.225 e. The van der Waals surface area contributed by atoms with Crippen molar-refractivity contribution < 1.29 is 4.79 Å². The van der Waals surface area contributed by atoms with Gasteiger partial charge in [0.2, 0.25) is 5.91 Å². The number of hydrogen-bond donors (Lipinski definition) is 1. The molecule has 2 aromatic carbocycles. The Morgan fingerprint density at radius 2 is 1.74 bits per heavy atom. The van der Waals surface area contributed by atoms with Gasteiger partial charge in [-0.3, -0.25) is 4.79 Å². The second-order valence-electron chi connectivity index (χ2n) is 9.03. The summed E-state index contributed by atoms with van der Waals surface area (Å²) in [5.41, 5.74) is 3.83. The van der Waals surface area contributed by atoms with Crippen molar-refractivity contribution in [2.24, 2.45) is 13.0 Å². The molecule has 1 saturated heterocycles. The third kappa shape index (κ3) is 4.33. The van der Waals surface area contributed by atoms with E-state index in [4.69, 9.17) is 0 Å². The highest BCUT2D eigenvalue weighted by molar-refractivity contribution is 8.00. The van der Waals surface area contributed by atoms with Gasteiger partial charge in [-0.15, -0.1) is 0 Å². The average Bonchev–Trinajstić information content (AvgIpc) is 3.47. The van der Waals surface area contributed by atoms with Crippen LogP contribution in [-0.2, 0) is 11.8 Å². The van der Waals surface area contributed by atoms with Crippen molar-refractivity contribution in [3.63, 3.8) is 0 Å². The molecule has 2 aliphatic rings. The van der Waals surface area contributed by atoms with Crippen LogP contribution in [0.25, 0.3) is 10.9 Å². The van der Waals surface area contributed by atoms with Crippen LogP contribution in [0.15, 0.2) is 59.6 Å². The number of benzene rings is 2. The second-order valence-corrected chi connectivity index (χ2v) is 9.91. The van der Waals surface area contributed by atoms with E-state index in [0.717, 1.165) is 44.5 Å². The van der Waals surface area contributed by atoms with Crippen molar-refractivity contribution in [1.29, 1.82) is 0 Å². The Balaban J connectivity index is 1.30. The highest BCUT2D eigenvalue weighted by atomic mass is 32.2. The average molecular weight is 434 g/mol. The summed E-state index contributed by atoms with van der Waals surface area (Å²) in [6.07, 6.45) is 9.07. The summed E-state index contributed by atoms with van der Waals surface area (Å²) in [5, 5.41) is 1.33. The minimum atomic E-state index is 0.296. The molecule has 1 aliphatic heterocycles. The molecule has 0 bridgehead atoms. The number of amides is 1. The number of anilines is 1. The number of rotatable bonds is 5. The summed E-state index contributed by atoms with van der Waals surface area (Å²) in [7, 11) is 2.14. The zero-order valence-corrected chi connectivity index (χ0v) is 19.0. The number of likely N-dealkylation sites (tertiary alicyclic amines) is 1. The number of hydrogen-bond acceptors (Lipinski definition) is 3. The van der Waals surface area contributed by atoms with Crippen molar-refractivity contribution in [3.05, 3.63) is 60.3 Å². The lowest BCUT2D eigenvalue weighted by Crippen LogP contribution is -2.40. The molecular formula is C26H31N3OS. The molecule has 2 fully saturated rings. The van der Waals surface area contributed by atoms with Gasteiger partial charge in [-0.25, -0.2) is 0 Å². The molecule has 5 heteroatoms. The van der Waals surface area contributed by atoms with E-state index in [9.17, 15) is 4.79 Å². The van der Waals surface area contributed by atoms with E-state index in [2.05, 4.69) is 69.9 Å². The third-order valence-electron chi connectivity index (χ3n) is 7.00. The van der Waals surface area contributed by atoms with Gasteiger partial charge in [0, 0.05) is 53.7 Å². The molecule has 2 heterocycles. The van der Waals surface area contributed by atoms with E-state index in [-0.39, 0.29) is 0 Å². The first-order valence-electron chi connectivity index (χ1n) is 11.5. The Morgan fingerprint density at radius 3 is 2.48 bits per heavy atom. The number of aromatic nitrogens is 1. The minimum Gasteiger partial charge on any atom is -0.350 e. The van der Waals surface area contributed by atoms with E-state index in [1.54, 1.807) is 11.9 Å². The second kappa shape index (κ2) is 8.99. The summed E-state index contributed by atoms with van der Waals surface area (Å²) in [6.45, 7) is 1.80. The molecule has 1 aromatic heterocycles. The van der Waals surface area contributed by atoms with Gasteiger partial charge in [-0.1, -0.05) is 31.0 Å². The highest BCUT2D eigenvalue weighted by Crippen LogP contribution is 2.37. The topological polar surface area (TPSA) is 37.3 Å². The first-order chi connectivity index (χ1) is 15.2. The number of piperidine rings is 1. The summed E-state index contributed by atoms with van der Waals surface area (Å²) in [5.74, 6) is 1.23. The summed E-state index contributed by atoms with van der Waals surface area (Å²) >= 11 is 1.64. The van der Waals surface area contributed by atoms with Crippen LogP contribution in [0.5, 0.6) is 0 Å². The lowest BCUT2D eigenvalue weighted by Gasteiger charge is -2.33. The maximum Gasteiger partial charge on any atom is 0.225 e. The van der Waals surface area contributed by atoms with Crippen molar-refractivity contribution in [3.8, 4) is 0 Å². The van der Waals surface area contributed by atoms with Crippen LogP contribution >= 0.6 is 11.9 Å². The van der Waals surface area contributed by atoms with E-state index in [1.165, 1.54) is 34.2 Å². The van der Waals surface area contributed by atoms with Gasteiger partial charge in [-0.05, 0) is 79.4 Å². The van der Waals surface area contributed by atoms with Gasteiger partial charge < -0.3 is 14.2 Å². The first kappa shape index (κ1) is 20.5. The number of nitrogens with zero attached hydrogens (tertiary/aromatic N) is 2. The van der Waals surface area contributed by atoms with Crippen molar-refractivity contribution >= 4 is 34.4 Å². The Hall–Kier alpha value is -2.40. The lowest BCUT2D eigenvalue weighted by atomic mass is 9.88. The fourth-order valence-corrected chi connectivity index (χ4v) is 5.92. The van der Waals surface area contributed by atoms with Gasteiger partial charge in [-0.2, -0.15) is 0 Å². The Bertz CT molecular complexity index is 1050. The van der Waals surface area contributed by atoms with Crippen molar-refractivity contribution in [2.45, 2.75) is 49.3 Å². The normalized spacial score (nSPS) is 18.0. The van der Waals surface area contributed by atoms with Crippen LogP contribution in [0.2, 0.25) is 0 Å². The van der Waals surface area contributed by atoms with E-state index < -0.39 is 0 Å². The SMILES string of the molecule is Cn1cc(C2CCN(C(=O)C3CCCC3)CC2)c2cc(NSc3ccccc3)ccc21. The number of carbonyl (C=O) groups is 1. The molecule has 162 valence electrons. The zero-order chi connectivity index (χ0) is 21.2. The number of aryl methyl sites for hydroxylation is 1. The Kier molecular flexibility index (Phi) is 5.95. The predicted octanol–water partition coefficient (Wildman–Crippen LogP) is 6.19. The van der Waals surface area contributed by atoms with E-state index >= 15 is 0 Å². The van der Waals surface area contributed by atoms with Crippen molar-refractivity contribution in [1.82, 2.24) is 9.47 Å². The van der Waals surface area contributed by atoms with Gasteiger partial charge >= 0.3 is 0 Å². The number of carbonyl (C=O) groups excluding carboxylic acids is 1. The fraction of sp³-hybridized carbons (Fsp3) is 0.423. The molecule has 0 spiro atoms. The first-order valence-corrected chi connectivity index (χ1v) is 12.4. The van der Waals surface area contributed by atoms with Crippen LogP contribution < -0.4 is 4.72 Å². The summed E-state index contributed by atoms with van der Waals surface area (Å²) in [4.78, 5) is 16.1. The van der Waals surface area contributed by atoms with E-state index in [1.807, 2.05) is 6.07 Å². The van der Waals surface area contributed by atoms with Gasteiger partial charge in [0.25, 0.3) is 0 Å². The molecule has 1 N–H and O–H groups in total. The lowest BCUT2D eigenvalue weighted by molar-refractivity contribution is -0.136. The number of fused-ring (bicyclic) bond motifs is 1. The molecule has 1 saturated carbocycles. The molecule has 0 atom stereocenters. The molecule has 3 aromatic rings. The molecule has 5 rings (SSSR count). The standard InChI is InChI=1S/C26H31N3OS/c1-28-18-24(19-13-15-29(16-14-19)26(30)20-7-5-6-8-20)23-17-21(11-12-25(23)28)27-31-22-9-3-2-4-10-22/h2-4,9-12,17-20,27H,5-8,13-16H2,1H3. The maximum atomic E-state index is 12.8. The van der Waals surface area contributed by atoms with Crippen molar-refractivity contribution in [2.75, 3.05) is 17.8 Å². The van der Waals surface area contributed by atoms with Gasteiger partial charge in [0.15, 0.2) is 0 Å². The van der Waals surface area contributed by atoms with Gasteiger partial charge in [0.05, 0.1) is 0 Å². The van der Waals surface area contributed by atoms with Crippen LogP contribution in [0, 0.1) is 5.92 Å². The monoisotopic (exact) mass is 433 g/mol. The Morgan fingerprint density at radius 1 is 1.00 bits per heavy atom. The van der Waals surface area contributed by atoms with E-state index in [0.29, 0.717) is 17.7 Å². The summed E-state index contributed by atoms with van der Waals surface area (Å²) in [6, 6.07) is 17.1. The largest absolute Gasteiger partial charge is 0.350 e. The molecule has 1 aliphatic carbocycles. The van der Waals surface area contributed by atoms with Crippen LogP contribution in [0.4, 0.5) is 5.69 Å². The molecule has 4 nitrogen and oxygen atoms in total. The van der Waals surface area contributed by atoms with Crippen LogP contribution in [0.1, 0.15) is 50.0 Å². The molecule has 0 unspecified atom stereocenters. The minimum absolute atomic E-state index is 0.296. The quantitative estimate of drug-likeness (QED) is 0.487. The molecular weight excluding hydrogens is 402 g/mol. The number of nitrogens with one attached hydrogen (secondary N) is 1. The van der Waals surface area contributed by atoms with Crippen LogP contribution in [0.3, 0.4) is 0 Å². The molecule has 1 amide bonds. The van der Waals surface area contributed by atoms with Gasteiger partial charge in [0.1, 0.15) is 0 Å². The Labute approximate surface area is 189 Å². The summed E-state index contributed by atoms with van der Waals surface area (Å²) < 4.78 is 5.75. The third-order valence-corrected chi connectivity index (χ3v) is 7.85. The fourth-order valence-electron chi connectivity index (χ4n) is 5.26. The maximum absolute atomic E-state index is 12.8. The zero-order valence-electron chi connectivity index (χ0n) is 18.2. The molecule has 0 radical (unpaired) electrons. The predicted molar refractivity (Wildman–Crippen MR) is 129 cm³/mol. The van der Waals surface area contributed by atoms with Crippen LogP contribution in [-0.4, -0.2) is 28.5 Å². The highest BCUT2D eigenvalue weighted by Gasteiger charge is 2.31.